The van der Waals surface area contributed by atoms with Crippen molar-refractivity contribution in [1.82, 2.24) is 0 Å². The van der Waals surface area contributed by atoms with E-state index >= 15 is 0 Å². The molecule has 15 heavy (non-hydrogen) atoms. The third-order valence-corrected chi connectivity index (χ3v) is 58.4. The number of hydrogen-bond acceptors (Lipinski definition) is 1. The molecule has 2 heteroatoms. The molecule has 10 heterocycles. The van der Waals surface area contributed by atoms with Crippen LogP contribution in [0.5, 0.6) is 0 Å². The molecule has 1 spiro atoms. The van der Waals surface area contributed by atoms with Gasteiger partial charge >= 0.3 is 78.7 Å². The van der Waals surface area contributed by atoms with E-state index in [-0.39, 0.29) is 6.10 Å². The number of rotatable bonds is 2. The number of fused-ring (bicyclic) bond motifs is 10. The Labute approximate surface area is 78.9 Å². The van der Waals surface area contributed by atoms with Gasteiger partial charge in [-0.2, -0.15) is 0 Å². The van der Waals surface area contributed by atoms with Gasteiger partial charge < -0.3 is 0 Å². The first-order chi connectivity index (χ1) is 7.03. The van der Waals surface area contributed by atoms with Crippen LogP contribution in [-0.4, -0.2) is 11.2 Å². The first-order valence-corrected chi connectivity index (χ1v) is 13.2. The normalized spacial score (nSPS) is 136. The predicted octanol–water partition coefficient (Wildman–Crippen LogP) is 3.52. The third-order valence-electron chi connectivity index (χ3n) is 15.7. The first kappa shape index (κ1) is 5.42. The second kappa shape index (κ2) is 0.387. The fraction of sp³-hybridized carbons (Fsp3) is 1.00. The van der Waals surface area contributed by atoms with Crippen molar-refractivity contribution in [1.29, 1.82) is 0 Å². The number of aliphatic hydroxyl groups excluding tert-OH is 1. The molecule has 0 aromatic heterocycles. The fourth-order valence-electron chi connectivity index (χ4n) is 17.6. The van der Waals surface area contributed by atoms with E-state index in [0.717, 1.165) is 10.7 Å². The molecular formula is C13H16FeO. The topological polar surface area (TPSA) is 20.2 Å². The van der Waals surface area contributed by atoms with Crippen LogP contribution < -0.4 is 0 Å². The molecule has 1 nitrogen and oxygen atoms in total. The van der Waals surface area contributed by atoms with E-state index in [4.69, 9.17) is 0 Å². The van der Waals surface area contributed by atoms with Crippen molar-refractivity contribution < 1.29 is 11.6 Å². The molecule has 0 aliphatic carbocycles. The SMILES string of the molecule is CCC(O)[C]12[CH]3[CH]4[CH]5[CH]1[Fe]45321678[CH]2[CH]1[CH]6[CH]7[CH]28. The van der Waals surface area contributed by atoms with Gasteiger partial charge in [0.15, 0.2) is 0 Å². The van der Waals surface area contributed by atoms with Crippen LogP contribution >= 0.6 is 0 Å². The van der Waals surface area contributed by atoms with E-state index in [0.29, 0.717) is 0 Å². The summed E-state index contributed by atoms with van der Waals surface area (Å²) in [7, 11) is 0. The summed E-state index contributed by atoms with van der Waals surface area (Å²) in [6.45, 7) is -0.630. The van der Waals surface area contributed by atoms with Gasteiger partial charge in [0.05, 0.1) is 0 Å². The van der Waals surface area contributed by atoms with E-state index in [1.54, 1.807) is 0 Å². The van der Waals surface area contributed by atoms with Crippen molar-refractivity contribution in [2.45, 2.75) is 67.1 Å². The van der Waals surface area contributed by atoms with Crippen molar-refractivity contribution in [2.24, 2.45) is 0 Å². The second-order valence-corrected chi connectivity index (χ2v) is 34.3. The molecule has 10 saturated heterocycles. The molecule has 10 aliphatic heterocycles. The van der Waals surface area contributed by atoms with E-state index < -0.39 is 6.51 Å². The van der Waals surface area contributed by atoms with Crippen molar-refractivity contribution in [3.8, 4) is 0 Å². The molecule has 0 saturated carbocycles. The Balaban J connectivity index is 1.77. The molecule has 0 aromatic rings. The molecule has 5 unspecified atom stereocenters. The Morgan fingerprint density at radius 3 is 1.67 bits per heavy atom. The van der Waals surface area contributed by atoms with Crippen molar-refractivity contribution in [3.63, 3.8) is 0 Å². The zero-order valence-corrected chi connectivity index (χ0v) is 9.89. The number of aliphatic hydroxyl groups is 1. The Hall–Kier alpha value is 0.479. The fourth-order valence-corrected chi connectivity index (χ4v) is 92.7. The average molecular weight is 244 g/mol. The summed E-state index contributed by atoms with van der Waals surface area (Å²) < 4.78 is 0.758. The summed E-state index contributed by atoms with van der Waals surface area (Å²) in [5.41, 5.74) is 0. The minimum absolute atomic E-state index is 0.187. The zero-order chi connectivity index (χ0) is 9.30. The van der Waals surface area contributed by atoms with Gasteiger partial charge in [-0.25, -0.2) is 0 Å². The van der Waals surface area contributed by atoms with E-state index in [1.807, 2.05) is 0 Å². The van der Waals surface area contributed by atoms with Crippen molar-refractivity contribution in [2.75, 3.05) is 0 Å². The van der Waals surface area contributed by atoms with Crippen LogP contribution in [-0.2, 0) is 6.51 Å². The zero-order valence-electron chi connectivity index (χ0n) is 8.78. The van der Waals surface area contributed by atoms with Gasteiger partial charge in [0, 0.05) is 0 Å². The Bertz CT molecular complexity index is 817. The average Bonchev–Trinajstić information content (AvgIpc) is 3.18. The molecule has 10 aliphatic rings. The molecule has 10 rings (SSSR count). The van der Waals surface area contributed by atoms with E-state index in [1.165, 1.54) is 43.3 Å². The molecule has 10 fully saturated rings. The molecule has 82 valence electrons. The van der Waals surface area contributed by atoms with Crippen LogP contribution in [0.1, 0.15) is 13.3 Å². The molecule has 0 radical (unpaired) electrons. The van der Waals surface area contributed by atoms with Gasteiger partial charge in [-0.1, -0.05) is 0 Å². The summed E-state index contributed by atoms with van der Waals surface area (Å²) in [6.07, 6.45) is 1.27. The predicted molar refractivity (Wildman–Crippen MR) is 52.7 cm³/mol. The maximum atomic E-state index is 10.7. The van der Waals surface area contributed by atoms with Crippen molar-refractivity contribution in [3.05, 3.63) is 0 Å². The van der Waals surface area contributed by atoms with Gasteiger partial charge in [-0.15, -0.1) is 0 Å². The van der Waals surface area contributed by atoms with Crippen LogP contribution in [0, 0.1) is 0 Å². The van der Waals surface area contributed by atoms with Gasteiger partial charge in [0.2, 0.25) is 0 Å². The van der Waals surface area contributed by atoms with Gasteiger partial charge in [-0.3, -0.25) is 0 Å². The van der Waals surface area contributed by atoms with Crippen LogP contribution in [0.25, 0.3) is 0 Å². The summed E-state index contributed by atoms with van der Waals surface area (Å²) in [5, 5.41) is 10.7. The van der Waals surface area contributed by atoms with Gasteiger partial charge in [-0.05, 0) is 0 Å². The molecule has 0 amide bonds. The van der Waals surface area contributed by atoms with E-state index in [9.17, 15) is 5.11 Å². The van der Waals surface area contributed by atoms with Crippen LogP contribution in [0.2, 0.25) is 47.7 Å². The van der Waals surface area contributed by atoms with Crippen LogP contribution in [0.3, 0.4) is 0 Å². The molecule has 5 atom stereocenters. The second-order valence-electron chi connectivity index (χ2n) is 10.7. The summed E-state index contributed by atoms with van der Waals surface area (Å²) in [6, 6.07) is 0. The van der Waals surface area contributed by atoms with Gasteiger partial charge in [0.25, 0.3) is 0 Å². The Kier molecular flexibility index (Phi) is 0.140. The standard InChI is InChI=1S/C8H11O.C5H5.Fe/c1-2-8(9)7-5-3-4-6-7;1-2-4-5-3-1;/h3-6,8-9H,2H2,1H3;1-5H;. The van der Waals surface area contributed by atoms with Gasteiger partial charge in [0.1, 0.15) is 0 Å². The minimum atomic E-state index is -2.88. The molecule has 0 bridgehead atoms. The molecule has 0 aromatic carbocycles. The summed E-state index contributed by atoms with van der Waals surface area (Å²) in [5.74, 6) is 0. The van der Waals surface area contributed by atoms with Crippen LogP contribution in [0.4, 0.5) is 0 Å². The Morgan fingerprint density at radius 1 is 1.00 bits per heavy atom. The maximum absolute atomic E-state index is 10.7. The Morgan fingerprint density at radius 2 is 1.47 bits per heavy atom. The monoisotopic (exact) mass is 244 g/mol. The van der Waals surface area contributed by atoms with Crippen molar-refractivity contribution >= 4 is 0 Å². The molecular weight excluding hydrogens is 228 g/mol. The quantitative estimate of drug-likeness (QED) is 0.737. The summed E-state index contributed by atoms with van der Waals surface area (Å²) >= 11 is 0. The van der Waals surface area contributed by atoms with Crippen LogP contribution in [0.15, 0.2) is 0 Å². The number of hydrogen-bond donors (Lipinski definition) is 1. The molecule has 1 N–H and O–H groups in total. The summed E-state index contributed by atoms with van der Waals surface area (Å²) in [4.78, 5) is 12.3. The third kappa shape index (κ3) is 0.0460. The van der Waals surface area contributed by atoms with E-state index in [2.05, 4.69) is 6.92 Å². The first-order valence-electron chi connectivity index (χ1n) is 6.92.